The number of nitrogens with one attached hydrogen (secondary N) is 2. The van der Waals surface area contributed by atoms with Crippen LogP contribution < -0.4 is 10.0 Å². The zero-order chi connectivity index (χ0) is 15.3. The SMILES string of the molecule is CNC(=O)c1cccc(NS(=O)(=O)CC2CCCCC2)c1. The average Bonchev–Trinajstić information content (AvgIpc) is 2.46. The number of hydrogen-bond donors (Lipinski definition) is 2. The molecule has 1 aromatic carbocycles. The van der Waals surface area contributed by atoms with E-state index in [0.717, 1.165) is 25.7 Å². The fraction of sp³-hybridized carbons (Fsp3) is 0.533. The minimum atomic E-state index is -3.37. The number of carbonyl (C=O) groups excluding carboxylic acids is 1. The summed E-state index contributed by atoms with van der Waals surface area (Å²) in [7, 11) is -1.82. The van der Waals surface area contributed by atoms with Crippen molar-refractivity contribution in [3.8, 4) is 0 Å². The van der Waals surface area contributed by atoms with E-state index < -0.39 is 10.0 Å². The first-order valence-electron chi connectivity index (χ1n) is 7.33. The third kappa shape index (κ3) is 4.74. The van der Waals surface area contributed by atoms with Crippen molar-refractivity contribution in [2.75, 3.05) is 17.5 Å². The molecule has 0 radical (unpaired) electrons. The van der Waals surface area contributed by atoms with Gasteiger partial charge in [-0.2, -0.15) is 0 Å². The van der Waals surface area contributed by atoms with Gasteiger partial charge in [0.1, 0.15) is 0 Å². The van der Waals surface area contributed by atoms with Crippen LogP contribution in [0.4, 0.5) is 5.69 Å². The van der Waals surface area contributed by atoms with Gasteiger partial charge in [0, 0.05) is 18.3 Å². The number of hydrogen-bond acceptors (Lipinski definition) is 3. The van der Waals surface area contributed by atoms with Crippen molar-refractivity contribution < 1.29 is 13.2 Å². The summed E-state index contributed by atoms with van der Waals surface area (Å²) in [4.78, 5) is 11.6. The molecule has 1 aromatic rings. The molecule has 116 valence electrons. The molecule has 0 unspecified atom stereocenters. The molecule has 1 saturated carbocycles. The molecular formula is C15H22N2O3S. The maximum absolute atomic E-state index is 12.2. The van der Waals surface area contributed by atoms with Gasteiger partial charge in [-0.15, -0.1) is 0 Å². The maximum Gasteiger partial charge on any atom is 0.251 e. The second-order valence-corrected chi connectivity index (χ2v) is 7.31. The molecule has 2 N–H and O–H groups in total. The molecule has 1 fully saturated rings. The molecule has 0 saturated heterocycles. The molecule has 0 heterocycles. The van der Waals surface area contributed by atoms with Gasteiger partial charge in [-0.05, 0) is 37.0 Å². The Labute approximate surface area is 126 Å². The number of benzene rings is 1. The van der Waals surface area contributed by atoms with E-state index in [4.69, 9.17) is 0 Å². The van der Waals surface area contributed by atoms with E-state index in [-0.39, 0.29) is 17.6 Å². The predicted molar refractivity (Wildman–Crippen MR) is 83.8 cm³/mol. The van der Waals surface area contributed by atoms with Crippen molar-refractivity contribution in [3.63, 3.8) is 0 Å². The van der Waals surface area contributed by atoms with Crippen molar-refractivity contribution in [1.82, 2.24) is 5.32 Å². The number of sulfonamides is 1. The van der Waals surface area contributed by atoms with Crippen LogP contribution in [0, 0.1) is 5.92 Å². The molecule has 0 spiro atoms. The Hall–Kier alpha value is -1.56. The van der Waals surface area contributed by atoms with Gasteiger partial charge in [0.15, 0.2) is 0 Å². The monoisotopic (exact) mass is 310 g/mol. The van der Waals surface area contributed by atoms with E-state index in [1.807, 2.05) is 0 Å². The van der Waals surface area contributed by atoms with Gasteiger partial charge in [-0.1, -0.05) is 25.3 Å². The minimum Gasteiger partial charge on any atom is -0.355 e. The van der Waals surface area contributed by atoms with Crippen LogP contribution >= 0.6 is 0 Å². The third-order valence-electron chi connectivity index (χ3n) is 3.81. The first-order valence-corrected chi connectivity index (χ1v) is 8.98. The quantitative estimate of drug-likeness (QED) is 0.876. The lowest BCUT2D eigenvalue weighted by molar-refractivity contribution is 0.0963. The number of rotatable bonds is 5. The molecule has 0 atom stereocenters. The van der Waals surface area contributed by atoms with E-state index in [0.29, 0.717) is 11.3 Å². The number of carbonyl (C=O) groups is 1. The highest BCUT2D eigenvalue weighted by atomic mass is 32.2. The van der Waals surface area contributed by atoms with Crippen LogP contribution in [-0.4, -0.2) is 27.1 Å². The first-order chi connectivity index (χ1) is 10.00. The standard InChI is InChI=1S/C15H22N2O3S/c1-16-15(18)13-8-5-9-14(10-13)17-21(19,20)11-12-6-3-2-4-7-12/h5,8-10,12,17H,2-4,6-7,11H2,1H3,(H,16,18). The van der Waals surface area contributed by atoms with Crippen LogP contribution in [0.1, 0.15) is 42.5 Å². The summed E-state index contributed by atoms with van der Waals surface area (Å²) in [5.74, 6) is 0.179. The van der Waals surface area contributed by atoms with Crippen LogP contribution in [-0.2, 0) is 10.0 Å². The molecule has 2 rings (SSSR count). The van der Waals surface area contributed by atoms with Crippen molar-refractivity contribution in [2.24, 2.45) is 5.92 Å². The molecule has 21 heavy (non-hydrogen) atoms. The predicted octanol–water partition coefficient (Wildman–Crippen LogP) is 2.37. The van der Waals surface area contributed by atoms with Crippen LogP contribution in [0.15, 0.2) is 24.3 Å². The largest absolute Gasteiger partial charge is 0.355 e. The smallest absolute Gasteiger partial charge is 0.251 e. The van der Waals surface area contributed by atoms with E-state index in [2.05, 4.69) is 10.0 Å². The Morgan fingerprint density at radius 1 is 1.24 bits per heavy atom. The van der Waals surface area contributed by atoms with E-state index in [9.17, 15) is 13.2 Å². The summed E-state index contributed by atoms with van der Waals surface area (Å²) >= 11 is 0. The summed E-state index contributed by atoms with van der Waals surface area (Å²) in [6.45, 7) is 0. The molecule has 1 aliphatic rings. The topological polar surface area (TPSA) is 75.3 Å². The van der Waals surface area contributed by atoms with Gasteiger partial charge in [0.25, 0.3) is 5.91 Å². The number of anilines is 1. The maximum atomic E-state index is 12.2. The summed E-state index contributed by atoms with van der Waals surface area (Å²) < 4.78 is 27.0. The molecule has 1 aliphatic carbocycles. The van der Waals surface area contributed by atoms with Crippen molar-refractivity contribution in [1.29, 1.82) is 0 Å². The van der Waals surface area contributed by atoms with Gasteiger partial charge < -0.3 is 5.32 Å². The normalized spacial score (nSPS) is 16.4. The van der Waals surface area contributed by atoms with Gasteiger partial charge in [0.05, 0.1) is 5.75 Å². The van der Waals surface area contributed by atoms with Gasteiger partial charge in [-0.3, -0.25) is 9.52 Å². The van der Waals surface area contributed by atoms with Crippen molar-refractivity contribution >= 4 is 21.6 Å². The highest BCUT2D eigenvalue weighted by molar-refractivity contribution is 7.92. The Kier molecular flexibility index (Phi) is 5.22. The molecule has 0 aromatic heterocycles. The van der Waals surface area contributed by atoms with Crippen LogP contribution in [0.2, 0.25) is 0 Å². The van der Waals surface area contributed by atoms with Gasteiger partial charge >= 0.3 is 0 Å². The summed E-state index contributed by atoms with van der Waals surface area (Å²) in [6, 6.07) is 6.53. The average molecular weight is 310 g/mol. The Balaban J connectivity index is 2.03. The molecule has 5 nitrogen and oxygen atoms in total. The van der Waals surface area contributed by atoms with E-state index >= 15 is 0 Å². The summed E-state index contributed by atoms with van der Waals surface area (Å²) in [6.07, 6.45) is 5.41. The fourth-order valence-corrected chi connectivity index (χ4v) is 4.28. The molecule has 0 aliphatic heterocycles. The Morgan fingerprint density at radius 3 is 2.62 bits per heavy atom. The van der Waals surface area contributed by atoms with Crippen LogP contribution in [0.25, 0.3) is 0 Å². The van der Waals surface area contributed by atoms with Crippen LogP contribution in [0.5, 0.6) is 0 Å². The van der Waals surface area contributed by atoms with E-state index in [1.54, 1.807) is 31.3 Å². The molecule has 6 heteroatoms. The lowest BCUT2D eigenvalue weighted by Crippen LogP contribution is -2.24. The first kappa shape index (κ1) is 15.8. The third-order valence-corrected chi connectivity index (χ3v) is 5.26. The fourth-order valence-electron chi connectivity index (χ4n) is 2.75. The lowest BCUT2D eigenvalue weighted by atomic mass is 9.91. The Morgan fingerprint density at radius 2 is 1.95 bits per heavy atom. The van der Waals surface area contributed by atoms with Crippen molar-refractivity contribution in [3.05, 3.63) is 29.8 Å². The molecule has 1 amide bonds. The zero-order valence-electron chi connectivity index (χ0n) is 12.3. The zero-order valence-corrected chi connectivity index (χ0v) is 13.1. The highest BCUT2D eigenvalue weighted by Gasteiger charge is 2.21. The second kappa shape index (κ2) is 6.93. The summed E-state index contributed by atoms with van der Waals surface area (Å²) in [5.41, 5.74) is 0.877. The second-order valence-electron chi connectivity index (χ2n) is 5.55. The minimum absolute atomic E-state index is 0.164. The van der Waals surface area contributed by atoms with Gasteiger partial charge in [0.2, 0.25) is 10.0 Å². The number of amides is 1. The molecular weight excluding hydrogens is 288 g/mol. The van der Waals surface area contributed by atoms with E-state index in [1.165, 1.54) is 6.42 Å². The van der Waals surface area contributed by atoms with Crippen LogP contribution in [0.3, 0.4) is 0 Å². The summed E-state index contributed by atoms with van der Waals surface area (Å²) in [5, 5.41) is 2.52. The van der Waals surface area contributed by atoms with Crippen molar-refractivity contribution in [2.45, 2.75) is 32.1 Å². The lowest BCUT2D eigenvalue weighted by Gasteiger charge is -2.21. The highest BCUT2D eigenvalue weighted by Crippen LogP contribution is 2.25. The molecule has 0 bridgehead atoms. The Bertz CT molecular complexity index is 593. The van der Waals surface area contributed by atoms with Gasteiger partial charge in [-0.25, -0.2) is 8.42 Å².